The summed E-state index contributed by atoms with van der Waals surface area (Å²) in [5.41, 5.74) is -0.0556. The van der Waals surface area contributed by atoms with Gasteiger partial charge in [-0.15, -0.1) is 0 Å². The van der Waals surface area contributed by atoms with Crippen molar-refractivity contribution in [1.29, 1.82) is 0 Å². The zero-order valence-electron chi connectivity index (χ0n) is 6.70. The molecule has 0 radical (unpaired) electrons. The molecule has 0 atom stereocenters. The summed E-state index contributed by atoms with van der Waals surface area (Å²) in [5.74, 6) is -0.914. The summed E-state index contributed by atoms with van der Waals surface area (Å²) >= 11 is 0. The minimum absolute atomic E-state index is 0.0556. The second kappa shape index (κ2) is 2.96. The Labute approximate surface area is 83.5 Å². The molecule has 1 heterocycles. The van der Waals surface area contributed by atoms with Crippen LogP contribution in [0.25, 0.3) is 11.0 Å². The molecule has 74 valence electrons. The Kier molecular flexibility index (Phi) is 2.01. The molecule has 2 rings (SSSR count). The molecule has 0 amide bonds. The number of rotatable bonds is 1. The minimum Gasteiger partial charge on any atom is -0.463 e. The van der Waals surface area contributed by atoms with E-state index in [0.29, 0.717) is 5.39 Å². The lowest BCUT2D eigenvalue weighted by Crippen LogP contribution is -1.95. The minimum atomic E-state index is -4.13. The molecule has 0 spiro atoms. The van der Waals surface area contributed by atoms with Crippen molar-refractivity contribution in [1.82, 2.24) is 0 Å². The second-order valence-corrected chi connectivity index (χ2v) is 5.16. The first-order valence-electron chi connectivity index (χ1n) is 3.60. The van der Waals surface area contributed by atoms with E-state index in [2.05, 4.69) is 0 Å². The Morgan fingerprint density at radius 1 is 1.29 bits per heavy atom. The molecular weight excluding hydrogens is 231 g/mol. The van der Waals surface area contributed by atoms with Gasteiger partial charge in [-0.3, -0.25) is 0 Å². The highest BCUT2D eigenvalue weighted by Gasteiger charge is 2.21. The van der Waals surface area contributed by atoms with Crippen LogP contribution in [0.1, 0.15) is 0 Å². The molecule has 0 fully saturated rings. The summed E-state index contributed by atoms with van der Waals surface area (Å²) in [6.45, 7) is 0. The van der Waals surface area contributed by atoms with Gasteiger partial charge >= 0.3 is 0 Å². The van der Waals surface area contributed by atoms with Crippen LogP contribution in [0.4, 0.5) is 4.39 Å². The molecule has 0 bridgehead atoms. The monoisotopic (exact) mass is 234 g/mol. The molecule has 0 unspecified atom stereocenters. The van der Waals surface area contributed by atoms with Crippen LogP contribution in [0.5, 0.6) is 0 Å². The van der Waals surface area contributed by atoms with Crippen molar-refractivity contribution in [3.63, 3.8) is 0 Å². The summed E-state index contributed by atoms with van der Waals surface area (Å²) in [7, 11) is 0.945. The quantitative estimate of drug-likeness (QED) is 0.713. The molecule has 2 aromatic rings. The van der Waals surface area contributed by atoms with Gasteiger partial charge in [0.25, 0.3) is 9.05 Å². The van der Waals surface area contributed by atoms with Gasteiger partial charge in [-0.05, 0) is 18.2 Å². The van der Waals surface area contributed by atoms with Crippen LogP contribution < -0.4 is 0 Å². The van der Waals surface area contributed by atoms with Gasteiger partial charge < -0.3 is 4.42 Å². The normalized spacial score (nSPS) is 12.1. The first-order valence-corrected chi connectivity index (χ1v) is 5.91. The van der Waals surface area contributed by atoms with Crippen LogP contribution in [0.2, 0.25) is 0 Å². The lowest BCUT2D eigenvalue weighted by Gasteiger charge is -1.98. The van der Waals surface area contributed by atoms with Gasteiger partial charge in [-0.2, -0.15) is 0 Å². The number of benzene rings is 1. The van der Waals surface area contributed by atoms with Crippen molar-refractivity contribution >= 4 is 30.7 Å². The molecule has 0 aliphatic rings. The van der Waals surface area contributed by atoms with Crippen molar-refractivity contribution in [2.24, 2.45) is 0 Å². The molecule has 0 aliphatic heterocycles. The standard InChI is InChI=1S/C8H4ClFO3S/c9-14(11,12)8-6(10)2-1-5-3-4-13-7(5)8/h1-4H. The number of hydrogen-bond acceptors (Lipinski definition) is 3. The molecule has 3 nitrogen and oxygen atoms in total. The Morgan fingerprint density at radius 3 is 2.64 bits per heavy atom. The summed E-state index contributed by atoms with van der Waals surface area (Å²) in [6.07, 6.45) is 1.27. The van der Waals surface area contributed by atoms with Crippen molar-refractivity contribution < 1.29 is 17.2 Å². The van der Waals surface area contributed by atoms with E-state index in [1.54, 1.807) is 0 Å². The van der Waals surface area contributed by atoms with Gasteiger partial charge in [0.1, 0.15) is 5.82 Å². The van der Waals surface area contributed by atoms with Crippen LogP contribution in [0.3, 0.4) is 0 Å². The maximum atomic E-state index is 13.2. The Balaban J connectivity index is 2.98. The molecule has 14 heavy (non-hydrogen) atoms. The van der Waals surface area contributed by atoms with Crippen molar-refractivity contribution in [3.05, 3.63) is 30.3 Å². The van der Waals surface area contributed by atoms with Crippen molar-refractivity contribution in [2.45, 2.75) is 4.90 Å². The molecule has 1 aromatic carbocycles. The average Bonchev–Trinajstić information content (AvgIpc) is 2.48. The summed E-state index contributed by atoms with van der Waals surface area (Å²) < 4.78 is 40.1. The smallest absolute Gasteiger partial charge is 0.267 e. The highest BCUT2D eigenvalue weighted by Crippen LogP contribution is 2.28. The topological polar surface area (TPSA) is 47.3 Å². The lowest BCUT2D eigenvalue weighted by molar-refractivity contribution is 0.557. The fourth-order valence-corrected chi connectivity index (χ4v) is 2.33. The van der Waals surface area contributed by atoms with Crippen LogP contribution in [-0.4, -0.2) is 8.42 Å². The third-order valence-corrected chi connectivity index (χ3v) is 3.10. The van der Waals surface area contributed by atoms with Crippen molar-refractivity contribution in [3.8, 4) is 0 Å². The number of furan rings is 1. The van der Waals surface area contributed by atoms with Crippen LogP contribution >= 0.6 is 10.7 Å². The number of fused-ring (bicyclic) bond motifs is 1. The molecule has 0 saturated carbocycles. The second-order valence-electron chi connectivity index (χ2n) is 2.65. The van der Waals surface area contributed by atoms with Gasteiger partial charge in [-0.1, -0.05) is 0 Å². The van der Waals surface area contributed by atoms with E-state index in [4.69, 9.17) is 15.1 Å². The van der Waals surface area contributed by atoms with E-state index in [1.165, 1.54) is 18.4 Å². The molecule has 6 heteroatoms. The maximum absolute atomic E-state index is 13.2. The van der Waals surface area contributed by atoms with Crippen molar-refractivity contribution in [2.75, 3.05) is 0 Å². The lowest BCUT2D eigenvalue weighted by atomic mass is 10.2. The predicted octanol–water partition coefficient (Wildman–Crippen LogP) is 2.50. The van der Waals surface area contributed by atoms with E-state index in [1.807, 2.05) is 0 Å². The van der Waals surface area contributed by atoms with E-state index < -0.39 is 19.8 Å². The van der Waals surface area contributed by atoms with Gasteiger partial charge in [-0.25, -0.2) is 12.8 Å². The van der Waals surface area contributed by atoms with Gasteiger partial charge in [0.2, 0.25) is 0 Å². The average molecular weight is 235 g/mol. The third kappa shape index (κ3) is 1.38. The molecule has 0 aliphatic carbocycles. The van der Waals surface area contributed by atoms with E-state index >= 15 is 0 Å². The molecule has 0 N–H and O–H groups in total. The van der Waals surface area contributed by atoms with Crippen LogP contribution in [0.15, 0.2) is 33.8 Å². The zero-order valence-corrected chi connectivity index (χ0v) is 8.27. The Morgan fingerprint density at radius 2 is 2.00 bits per heavy atom. The van der Waals surface area contributed by atoms with E-state index in [-0.39, 0.29) is 5.58 Å². The summed E-state index contributed by atoms with van der Waals surface area (Å²) in [4.78, 5) is -0.610. The van der Waals surface area contributed by atoms with Gasteiger partial charge in [0.15, 0.2) is 10.5 Å². The van der Waals surface area contributed by atoms with E-state index in [9.17, 15) is 12.8 Å². The van der Waals surface area contributed by atoms with Crippen LogP contribution in [0, 0.1) is 5.82 Å². The SMILES string of the molecule is O=S(=O)(Cl)c1c(F)ccc2ccoc12. The highest BCUT2D eigenvalue weighted by atomic mass is 35.7. The summed E-state index contributed by atoms with van der Waals surface area (Å²) in [5, 5.41) is 0.491. The van der Waals surface area contributed by atoms with Crippen LogP contribution in [-0.2, 0) is 9.05 Å². The zero-order chi connectivity index (χ0) is 10.3. The fraction of sp³-hybridized carbons (Fsp3) is 0. The first-order chi connectivity index (χ1) is 6.50. The highest BCUT2D eigenvalue weighted by molar-refractivity contribution is 8.14. The largest absolute Gasteiger partial charge is 0.463 e. The fourth-order valence-electron chi connectivity index (χ4n) is 1.21. The van der Waals surface area contributed by atoms with E-state index in [0.717, 1.165) is 6.07 Å². The molecule has 0 saturated heterocycles. The summed E-state index contributed by atoms with van der Waals surface area (Å²) in [6, 6.07) is 3.98. The number of halogens is 2. The Bertz CT molecular complexity index is 588. The number of hydrogen-bond donors (Lipinski definition) is 0. The predicted molar refractivity (Wildman–Crippen MR) is 49.2 cm³/mol. The first kappa shape index (κ1) is 9.48. The third-order valence-electron chi connectivity index (χ3n) is 1.77. The van der Waals surface area contributed by atoms with Gasteiger partial charge in [0, 0.05) is 16.1 Å². The maximum Gasteiger partial charge on any atom is 0.267 e. The molecule has 1 aromatic heterocycles. The molecular formula is C8H4ClFO3S. The van der Waals surface area contributed by atoms with Gasteiger partial charge in [0.05, 0.1) is 6.26 Å². The Hall–Kier alpha value is -1.07.